The Morgan fingerprint density at radius 2 is 2.15 bits per heavy atom. The molecule has 0 saturated carbocycles. The maximum atomic E-state index is 12.2. The third-order valence-corrected chi connectivity index (χ3v) is 4.89. The van der Waals surface area contributed by atoms with Crippen LogP contribution in [0.5, 0.6) is 0 Å². The molecule has 0 radical (unpaired) electrons. The van der Waals surface area contributed by atoms with Crippen molar-refractivity contribution in [3.8, 4) is 0 Å². The number of halogens is 1. The van der Waals surface area contributed by atoms with E-state index in [1.165, 1.54) is 22.3 Å². The number of aliphatic carboxylic acids is 1. The van der Waals surface area contributed by atoms with Crippen LogP contribution in [0.3, 0.4) is 0 Å². The molecule has 1 N–H and O–H groups in total. The second-order valence-corrected chi connectivity index (χ2v) is 7.20. The van der Waals surface area contributed by atoms with Gasteiger partial charge in [-0.1, -0.05) is 12.8 Å². The van der Waals surface area contributed by atoms with E-state index in [0.29, 0.717) is 13.0 Å². The molecule has 108 valence electrons. The second-order valence-electron chi connectivity index (χ2n) is 4.71. The van der Waals surface area contributed by atoms with Crippen LogP contribution in [-0.4, -0.2) is 34.5 Å². The molecule has 4 nitrogen and oxygen atoms in total. The van der Waals surface area contributed by atoms with Crippen LogP contribution in [0.2, 0.25) is 0 Å². The van der Waals surface area contributed by atoms with Gasteiger partial charge < -0.3 is 10.0 Å². The van der Waals surface area contributed by atoms with Gasteiger partial charge in [0.05, 0.1) is 3.79 Å². The van der Waals surface area contributed by atoms with Crippen molar-refractivity contribution in [2.45, 2.75) is 31.7 Å². The van der Waals surface area contributed by atoms with Gasteiger partial charge in [0, 0.05) is 17.5 Å². The number of hydrogen-bond acceptors (Lipinski definition) is 3. The van der Waals surface area contributed by atoms with Crippen molar-refractivity contribution in [3.63, 3.8) is 0 Å². The van der Waals surface area contributed by atoms with Gasteiger partial charge in [0.2, 0.25) is 5.91 Å². The first-order valence-corrected chi connectivity index (χ1v) is 8.15. The number of amides is 1. The summed E-state index contributed by atoms with van der Waals surface area (Å²) in [5, 5.41) is 9.25. The summed E-state index contributed by atoms with van der Waals surface area (Å²) in [6.07, 6.45) is 6.46. The zero-order valence-corrected chi connectivity index (χ0v) is 13.3. The zero-order valence-electron chi connectivity index (χ0n) is 10.9. The summed E-state index contributed by atoms with van der Waals surface area (Å²) in [7, 11) is 0. The van der Waals surface area contributed by atoms with Crippen molar-refractivity contribution < 1.29 is 14.7 Å². The van der Waals surface area contributed by atoms with E-state index < -0.39 is 12.0 Å². The first-order chi connectivity index (χ1) is 9.58. The summed E-state index contributed by atoms with van der Waals surface area (Å²) in [4.78, 5) is 25.9. The molecule has 0 spiro atoms. The molecule has 20 heavy (non-hydrogen) atoms. The highest BCUT2D eigenvalue weighted by molar-refractivity contribution is 9.11. The molecule has 1 fully saturated rings. The van der Waals surface area contributed by atoms with Crippen LogP contribution in [-0.2, 0) is 9.59 Å². The zero-order chi connectivity index (χ0) is 14.5. The third-order valence-electron chi connectivity index (χ3n) is 3.31. The van der Waals surface area contributed by atoms with Gasteiger partial charge in [-0.3, -0.25) is 4.79 Å². The maximum Gasteiger partial charge on any atom is 0.326 e. The molecule has 2 heterocycles. The lowest BCUT2D eigenvalue weighted by Crippen LogP contribution is -2.43. The maximum absolute atomic E-state index is 12.2. The average molecular weight is 358 g/mol. The van der Waals surface area contributed by atoms with E-state index in [2.05, 4.69) is 15.9 Å². The smallest absolute Gasteiger partial charge is 0.326 e. The molecular weight excluding hydrogens is 342 g/mol. The number of hydrogen-bond donors (Lipinski definition) is 1. The molecule has 2 rings (SSSR count). The Hall–Kier alpha value is -1.14. The number of thiophene rings is 1. The van der Waals surface area contributed by atoms with Gasteiger partial charge in [-0.2, -0.15) is 0 Å². The lowest BCUT2D eigenvalue weighted by Gasteiger charge is -2.25. The number of carbonyl (C=O) groups excluding carboxylic acids is 1. The number of carbonyl (C=O) groups is 2. The van der Waals surface area contributed by atoms with E-state index in [4.69, 9.17) is 0 Å². The van der Waals surface area contributed by atoms with Crippen molar-refractivity contribution in [1.29, 1.82) is 0 Å². The van der Waals surface area contributed by atoms with E-state index in [1.807, 2.05) is 12.1 Å². The Morgan fingerprint density at radius 1 is 1.35 bits per heavy atom. The fourth-order valence-corrected chi connectivity index (χ4v) is 3.62. The Kier molecular flexibility index (Phi) is 5.37. The summed E-state index contributed by atoms with van der Waals surface area (Å²) in [6.45, 7) is 0.522. The molecule has 1 amide bonds. The molecule has 1 aromatic rings. The van der Waals surface area contributed by atoms with Gasteiger partial charge in [-0.05, 0) is 47.0 Å². The second kappa shape index (κ2) is 7.04. The number of rotatable bonds is 3. The van der Waals surface area contributed by atoms with Gasteiger partial charge in [-0.15, -0.1) is 11.3 Å². The molecule has 1 aromatic heterocycles. The lowest BCUT2D eigenvalue weighted by molar-refractivity contribution is -0.148. The summed E-state index contributed by atoms with van der Waals surface area (Å²) in [5.74, 6) is -1.13. The Bertz CT molecular complexity index is 526. The van der Waals surface area contributed by atoms with Crippen LogP contribution in [0.15, 0.2) is 22.0 Å². The first-order valence-electron chi connectivity index (χ1n) is 6.55. The van der Waals surface area contributed by atoms with Crippen LogP contribution in [0.4, 0.5) is 0 Å². The van der Waals surface area contributed by atoms with Gasteiger partial charge >= 0.3 is 5.97 Å². The standard InChI is InChI=1S/C14H16BrNO3S/c15-12-7-5-10(20-12)6-8-13(17)16-9-3-1-2-4-11(16)14(18)19/h5-8,11H,1-4,9H2,(H,18,19). The summed E-state index contributed by atoms with van der Waals surface area (Å²) >= 11 is 4.90. The van der Waals surface area contributed by atoms with E-state index >= 15 is 0 Å². The highest BCUT2D eigenvalue weighted by atomic mass is 79.9. The molecule has 6 heteroatoms. The molecule has 1 saturated heterocycles. The van der Waals surface area contributed by atoms with E-state index in [-0.39, 0.29) is 5.91 Å². The predicted octanol–water partition coefficient (Wildman–Crippen LogP) is 3.38. The molecule has 1 aliphatic rings. The van der Waals surface area contributed by atoms with E-state index in [0.717, 1.165) is 27.9 Å². The number of likely N-dealkylation sites (tertiary alicyclic amines) is 1. The van der Waals surface area contributed by atoms with Crippen molar-refractivity contribution in [2.24, 2.45) is 0 Å². The Morgan fingerprint density at radius 3 is 2.80 bits per heavy atom. The topological polar surface area (TPSA) is 57.6 Å². The van der Waals surface area contributed by atoms with Crippen LogP contribution in [0.1, 0.15) is 30.6 Å². The normalized spacial score (nSPS) is 20.1. The number of carboxylic acids is 1. The average Bonchev–Trinajstić information content (AvgIpc) is 2.68. The first kappa shape index (κ1) is 15.3. The van der Waals surface area contributed by atoms with E-state index in [9.17, 15) is 14.7 Å². The monoisotopic (exact) mass is 357 g/mol. The van der Waals surface area contributed by atoms with Gasteiger partial charge in [0.25, 0.3) is 0 Å². The molecule has 1 atom stereocenters. The van der Waals surface area contributed by atoms with Crippen LogP contribution in [0, 0.1) is 0 Å². The van der Waals surface area contributed by atoms with Crippen molar-refractivity contribution >= 4 is 45.2 Å². The predicted molar refractivity (Wildman–Crippen MR) is 82.7 cm³/mol. The van der Waals surface area contributed by atoms with Crippen molar-refractivity contribution in [3.05, 3.63) is 26.9 Å². The van der Waals surface area contributed by atoms with Crippen molar-refractivity contribution in [1.82, 2.24) is 4.90 Å². The minimum Gasteiger partial charge on any atom is -0.480 e. The summed E-state index contributed by atoms with van der Waals surface area (Å²) in [6, 6.07) is 3.14. The largest absolute Gasteiger partial charge is 0.480 e. The Labute approximate surface area is 130 Å². The fourth-order valence-electron chi connectivity index (χ4n) is 2.30. The number of nitrogens with zero attached hydrogens (tertiary/aromatic N) is 1. The highest BCUT2D eigenvalue weighted by Crippen LogP contribution is 2.23. The van der Waals surface area contributed by atoms with Crippen LogP contribution >= 0.6 is 27.3 Å². The van der Waals surface area contributed by atoms with Gasteiger partial charge in [-0.25, -0.2) is 4.79 Å². The third kappa shape index (κ3) is 3.93. The molecule has 0 aliphatic carbocycles. The molecule has 1 unspecified atom stereocenters. The molecular formula is C14H16BrNO3S. The van der Waals surface area contributed by atoms with Crippen LogP contribution < -0.4 is 0 Å². The fraction of sp³-hybridized carbons (Fsp3) is 0.429. The van der Waals surface area contributed by atoms with Gasteiger partial charge in [0.15, 0.2) is 0 Å². The highest BCUT2D eigenvalue weighted by Gasteiger charge is 2.29. The molecule has 0 bridgehead atoms. The van der Waals surface area contributed by atoms with Gasteiger partial charge in [0.1, 0.15) is 6.04 Å². The van der Waals surface area contributed by atoms with Crippen LogP contribution in [0.25, 0.3) is 6.08 Å². The minimum absolute atomic E-state index is 0.219. The number of carboxylic acid groups (broad SMARTS) is 1. The minimum atomic E-state index is -0.910. The van der Waals surface area contributed by atoms with E-state index in [1.54, 1.807) is 6.08 Å². The lowest BCUT2D eigenvalue weighted by atomic mass is 10.1. The summed E-state index contributed by atoms with van der Waals surface area (Å²) in [5.41, 5.74) is 0. The molecule has 0 aromatic carbocycles. The van der Waals surface area contributed by atoms with Crippen molar-refractivity contribution in [2.75, 3.05) is 6.54 Å². The quantitative estimate of drug-likeness (QED) is 0.843. The Balaban J connectivity index is 2.08. The SMILES string of the molecule is O=C(O)C1CCCCCN1C(=O)C=Cc1ccc(Br)s1. The molecule has 1 aliphatic heterocycles. The summed E-state index contributed by atoms with van der Waals surface area (Å²) < 4.78 is 1.00.